The van der Waals surface area contributed by atoms with Gasteiger partial charge < -0.3 is 10.5 Å². The summed E-state index contributed by atoms with van der Waals surface area (Å²) in [5, 5.41) is 0.0170. The Kier molecular flexibility index (Phi) is 5.17. The summed E-state index contributed by atoms with van der Waals surface area (Å²) in [6.45, 7) is -0.123. The van der Waals surface area contributed by atoms with Crippen molar-refractivity contribution in [2.24, 2.45) is 0 Å². The van der Waals surface area contributed by atoms with Gasteiger partial charge in [0.2, 0.25) is 0 Å². The van der Waals surface area contributed by atoms with Crippen LogP contribution in [0.3, 0.4) is 0 Å². The second-order valence-corrected chi connectivity index (χ2v) is 5.03. The number of benzene rings is 2. The monoisotopic (exact) mass is 307 g/mol. The van der Waals surface area contributed by atoms with E-state index in [9.17, 15) is 9.18 Å². The maximum absolute atomic E-state index is 13.6. The molecule has 110 valence electrons. The van der Waals surface area contributed by atoms with E-state index in [2.05, 4.69) is 0 Å². The molecule has 0 aliphatic heterocycles. The van der Waals surface area contributed by atoms with E-state index in [-0.39, 0.29) is 23.6 Å². The third-order valence-corrected chi connectivity index (χ3v) is 3.28. The van der Waals surface area contributed by atoms with E-state index < -0.39 is 11.8 Å². The second kappa shape index (κ2) is 7.09. The van der Waals surface area contributed by atoms with Gasteiger partial charge in [-0.2, -0.15) is 0 Å². The zero-order chi connectivity index (χ0) is 15.2. The predicted octanol–water partition coefficient (Wildman–Crippen LogP) is 3.74. The van der Waals surface area contributed by atoms with Crippen molar-refractivity contribution in [2.45, 2.75) is 19.4 Å². The van der Waals surface area contributed by atoms with Gasteiger partial charge in [-0.15, -0.1) is 0 Å². The molecular formula is C16H15ClFNO2. The Morgan fingerprint density at radius 2 is 2.00 bits per heavy atom. The second-order valence-electron chi connectivity index (χ2n) is 4.62. The maximum atomic E-state index is 13.6. The van der Waals surface area contributed by atoms with Crippen LogP contribution in [0.1, 0.15) is 17.5 Å². The smallest absolute Gasteiger partial charge is 0.306 e. The number of anilines is 1. The molecular weight excluding hydrogens is 293 g/mol. The van der Waals surface area contributed by atoms with Crippen LogP contribution in [-0.4, -0.2) is 5.97 Å². The van der Waals surface area contributed by atoms with E-state index in [0.717, 1.165) is 5.56 Å². The molecule has 0 aliphatic carbocycles. The van der Waals surface area contributed by atoms with E-state index in [4.69, 9.17) is 22.1 Å². The number of nitrogen functional groups attached to an aromatic ring is 1. The van der Waals surface area contributed by atoms with Crippen LogP contribution in [0.5, 0.6) is 0 Å². The molecule has 21 heavy (non-hydrogen) atoms. The van der Waals surface area contributed by atoms with Gasteiger partial charge in [-0.05, 0) is 30.2 Å². The van der Waals surface area contributed by atoms with Gasteiger partial charge in [0, 0.05) is 17.7 Å². The number of hydrogen-bond acceptors (Lipinski definition) is 3. The average Bonchev–Trinajstić information content (AvgIpc) is 2.47. The van der Waals surface area contributed by atoms with Crippen LogP contribution in [0.25, 0.3) is 0 Å². The minimum Gasteiger partial charge on any atom is -0.461 e. The minimum absolute atomic E-state index is 0.0170. The molecule has 0 aliphatic rings. The Morgan fingerprint density at radius 3 is 2.76 bits per heavy atom. The summed E-state index contributed by atoms with van der Waals surface area (Å²) in [6.07, 6.45) is 0.744. The van der Waals surface area contributed by atoms with E-state index in [1.165, 1.54) is 12.1 Å². The highest BCUT2D eigenvalue weighted by molar-refractivity contribution is 6.30. The molecule has 0 saturated carbocycles. The largest absolute Gasteiger partial charge is 0.461 e. The standard InChI is InChI=1S/C16H15ClFNO2/c17-14-6-2-4-12(16(14)18)10-21-15(20)8-7-11-3-1-5-13(19)9-11/h1-6,9H,7-8,10,19H2. The fraction of sp³-hybridized carbons (Fsp3) is 0.188. The van der Waals surface area contributed by atoms with Crippen molar-refractivity contribution in [1.29, 1.82) is 0 Å². The van der Waals surface area contributed by atoms with Gasteiger partial charge in [-0.1, -0.05) is 35.9 Å². The Balaban J connectivity index is 1.84. The van der Waals surface area contributed by atoms with Gasteiger partial charge in [0.15, 0.2) is 0 Å². The molecule has 0 atom stereocenters. The number of hydrogen-bond donors (Lipinski definition) is 1. The molecule has 0 saturated heterocycles. The first-order valence-corrected chi connectivity index (χ1v) is 6.87. The molecule has 0 heterocycles. The molecule has 3 nitrogen and oxygen atoms in total. The maximum Gasteiger partial charge on any atom is 0.306 e. The summed E-state index contributed by atoms with van der Waals surface area (Å²) in [4.78, 5) is 11.7. The fourth-order valence-corrected chi connectivity index (χ4v) is 2.08. The average molecular weight is 308 g/mol. The summed E-state index contributed by atoms with van der Waals surface area (Å²) >= 11 is 5.66. The molecule has 0 bridgehead atoms. The Morgan fingerprint density at radius 1 is 1.24 bits per heavy atom. The lowest BCUT2D eigenvalue weighted by atomic mass is 10.1. The molecule has 0 fully saturated rings. The first-order valence-electron chi connectivity index (χ1n) is 6.49. The molecule has 2 aromatic rings. The highest BCUT2D eigenvalue weighted by Crippen LogP contribution is 2.18. The van der Waals surface area contributed by atoms with Crippen LogP contribution in [-0.2, 0) is 22.6 Å². The van der Waals surface area contributed by atoms with Crippen molar-refractivity contribution < 1.29 is 13.9 Å². The highest BCUT2D eigenvalue weighted by Gasteiger charge is 2.09. The molecule has 0 amide bonds. The van der Waals surface area contributed by atoms with Crippen molar-refractivity contribution in [3.63, 3.8) is 0 Å². The molecule has 2 N–H and O–H groups in total. The number of carbonyl (C=O) groups is 1. The lowest BCUT2D eigenvalue weighted by Crippen LogP contribution is -2.07. The SMILES string of the molecule is Nc1cccc(CCC(=O)OCc2cccc(Cl)c2F)c1. The molecule has 0 unspecified atom stereocenters. The number of halogens is 2. The molecule has 0 aromatic heterocycles. The van der Waals surface area contributed by atoms with Crippen LogP contribution < -0.4 is 5.73 Å². The highest BCUT2D eigenvalue weighted by atomic mass is 35.5. The zero-order valence-electron chi connectivity index (χ0n) is 11.3. The molecule has 2 rings (SSSR count). The van der Waals surface area contributed by atoms with E-state index in [0.29, 0.717) is 12.1 Å². The third-order valence-electron chi connectivity index (χ3n) is 2.99. The zero-order valence-corrected chi connectivity index (χ0v) is 12.1. The van der Waals surface area contributed by atoms with Crippen molar-refractivity contribution in [2.75, 3.05) is 5.73 Å². The fourth-order valence-electron chi connectivity index (χ4n) is 1.89. The van der Waals surface area contributed by atoms with E-state index in [1.54, 1.807) is 12.1 Å². The summed E-state index contributed by atoms with van der Waals surface area (Å²) in [7, 11) is 0. The molecule has 2 aromatic carbocycles. The quantitative estimate of drug-likeness (QED) is 0.676. The summed E-state index contributed by atoms with van der Waals surface area (Å²) < 4.78 is 18.7. The Bertz CT molecular complexity index is 646. The summed E-state index contributed by atoms with van der Waals surface area (Å²) in [5.41, 5.74) is 7.54. The Hall–Kier alpha value is -2.07. The van der Waals surface area contributed by atoms with Crippen LogP contribution in [0.2, 0.25) is 5.02 Å². The number of nitrogens with two attached hydrogens (primary N) is 1. The molecule has 0 spiro atoms. The molecule has 0 radical (unpaired) electrons. The topological polar surface area (TPSA) is 52.3 Å². The summed E-state index contributed by atoms with van der Waals surface area (Å²) in [5.74, 6) is -0.945. The van der Waals surface area contributed by atoms with Crippen LogP contribution in [0.15, 0.2) is 42.5 Å². The third kappa shape index (κ3) is 4.46. The number of esters is 1. The van der Waals surface area contributed by atoms with E-state index >= 15 is 0 Å². The van der Waals surface area contributed by atoms with Crippen LogP contribution >= 0.6 is 11.6 Å². The first kappa shape index (κ1) is 15.3. The lowest BCUT2D eigenvalue weighted by Gasteiger charge is -2.07. The van der Waals surface area contributed by atoms with Crippen LogP contribution in [0, 0.1) is 5.82 Å². The van der Waals surface area contributed by atoms with Gasteiger partial charge in [-0.3, -0.25) is 4.79 Å². The molecule has 5 heteroatoms. The van der Waals surface area contributed by atoms with E-state index in [1.807, 2.05) is 18.2 Å². The van der Waals surface area contributed by atoms with Gasteiger partial charge in [-0.25, -0.2) is 4.39 Å². The summed E-state index contributed by atoms with van der Waals surface area (Å²) in [6, 6.07) is 11.9. The van der Waals surface area contributed by atoms with Crippen molar-refractivity contribution in [3.05, 3.63) is 64.4 Å². The first-order chi connectivity index (χ1) is 10.1. The van der Waals surface area contributed by atoms with Gasteiger partial charge >= 0.3 is 5.97 Å². The van der Waals surface area contributed by atoms with Crippen molar-refractivity contribution in [3.8, 4) is 0 Å². The van der Waals surface area contributed by atoms with Crippen molar-refractivity contribution in [1.82, 2.24) is 0 Å². The number of rotatable bonds is 5. The number of aryl methyl sites for hydroxylation is 1. The van der Waals surface area contributed by atoms with Crippen LogP contribution in [0.4, 0.5) is 10.1 Å². The van der Waals surface area contributed by atoms with Gasteiger partial charge in [0.25, 0.3) is 0 Å². The van der Waals surface area contributed by atoms with Gasteiger partial charge in [0.1, 0.15) is 12.4 Å². The normalized spacial score (nSPS) is 10.4. The lowest BCUT2D eigenvalue weighted by molar-refractivity contribution is -0.144. The van der Waals surface area contributed by atoms with Gasteiger partial charge in [0.05, 0.1) is 5.02 Å². The minimum atomic E-state index is -0.553. The number of ether oxygens (including phenoxy) is 1. The number of carbonyl (C=O) groups excluding carboxylic acids is 1. The van der Waals surface area contributed by atoms with Crippen molar-refractivity contribution >= 4 is 23.3 Å². The predicted molar refractivity (Wildman–Crippen MR) is 80.4 cm³/mol. The Labute approximate surface area is 127 Å².